The van der Waals surface area contributed by atoms with Crippen LogP contribution in [0.4, 0.5) is 5.82 Å². The van der Waals surface area contributed by atoms with Crippen molar-refractivity contribution in [3.8, 4) is 11.8 Å². The molecule has 2 heterocycles. The minimum Gasteiger partial charge on any atom is -0.480 e. The lowest BCUT2D eigenvalue weighted by molar-refractivity contribution is 0.207. The largest absolute Gasteiger partial charge is 0.480 e. The molecule has 8 heteroatoms. The van der Waals surface area contributed by atoms with Gasteiger partial charge in [0.15, 0.2) is 0 Å². The Labute approximate surface area is 109 Å². The van der Waals surface area contributed by atoms with Crippen molar-refractivity contribution >= 4 is 5.82 Å². The van der Waals surface area contributed by atoms with E-state index in [-0.39, 0.29) is 11.6 Å². The molecule has 0 aromatic carbocycles. The number of nitrogens with two attached hydrogens (primary N) is 1. The summed E-state index contributed by atoms with van der Waals surface area (Å²) in [6.45, 7) is 0. The first-order valence-corrected chi connectivity index (χ1v) is 5.48. The van der Waals surface area contributed by atoms with Gasteiger partial charge in [0.25, 0.3) is 0 Å². The Morgan fingerprint density at radius 2 is 2.05 bits per heavy atom. The molecule has 0 aliphatic carbocycles. The second kappa shape index (κ2) is 5.11. The maximum absolute atomic E-state index is 10.3. The van der Waals surface area contributed by atoms with Crippen LogP contribution in [0.3, 0.4) is 0 Å². The number of hydrogen-bond acceptors (Lipinski definition) is 7. The van der Waals surface area contributed by atoms with Crippen molar-refractivity contribution in [2.45, 2.75) is 6.10 Å². The fraction of sp³-hybridized carbons (Fsp3) is 0.364. The number of rotatable bonds is 4. The zero-order valence-electron chi connectivity index (χ0n) is 10.9. The third-order valence-corrected chi connectivity index (χ3v) is 2.72. The maximum atomic E-state index is 10.3. The van der Waals surface area contributed by atoms with E-state index in [4.69, 9.17) is 15.2 Å². The van der Waals surface area contributed by atoms with Gasteiger partial charge in [-0.05, 0) is 0 Å². The molecule has 0 amide bonds. The first-order chi connectivity index (χ1) is 9.08. The van der Waals surface area contributed by atoms with Crippen LogP contribution in [0.25, 0.3) is 0 Å². The Hall–Kier alpha value is -2.35. The van der Waals surface area contributed by atoms with Crippen molar-refractivity contribution in [3.63, 3.8) is 0 Å². The molecule has 2 rings (SSSR count). The van der Waals surface area contributed by atoms with E-state index in [2.05, 4.69) is 15.1 Å². The number of aliphatic hydroxyl groups excluding tert-OH is 1. The number of aryl methyl sites for hydroxylation is 1. The molecule has 0 saturated heterocycles. The molecule has 3 N–H and O–H groups in total. The third-order valence-electron chi connectivity index (χ3n) is 2.72. The van der Waals surface area contributed by atoms with Gasteiger partial charge in [0.05, 0.1) is 26.6 Å². The molecule has 19 heavy (non-hydrogen) atoms. The van der Waals surface area contributed by atoms with E-state index in [0.717, 1.165) is 0 Å². The molecule has 0 saturated carbocycles. The van der Waals surface area contributed by atoms with E-state index in [1.54, 1.807) is 7.05 Å². The quantitative estimate of drug-likeness (QED) is 0.794. The maximum Gasteiger partial charge on any atom is 0.241 e. The summed E-state index contributed by atoms with van der Waals surface area (Å²) in [7, 11) is 4.59. The van der Waals surface area contributed by atoms with Crippen LogP contribution < -0.4 is 15.2 Å². The summed E-state index contributed by atoms with van der Waals surface area (Å²) in [5.41, 5.74) is 6.51. The van der Waals surface area contributed by atoms with E-state index in [9.17, 15) is 5.11 Å². The number of ether oxygens (including phenoxy) is 2. The van der Waals surface area contributed by atoms with Crippen LogP contribution in [-0.2, 0) is 7.05 Å². The topological polar surface area (TPSA) is 108 Å². The molecule has 2 aromatic rings. The number of nitrogens with zero attached hydrogens (tertiary/aromatic N) is 4. The standard InChI is InChI=1S/C11H15N5O3/c1-16-10(12)6(4-14-16)9(17)8-11(19-3)15-7(18-2)5-13-8/h4-5,9,17H,12H2,1-3H3. The van der Waals surface area contributed by atoms with Crippen molar-refractivity contribution in [2.24, 2.45) is 7.05 Å². The van der Waals surface area contributed by atoms with Crippen molar-refractivity contribution in [1.82, 2.24) is 19.7 Å². The lowest BCUT2D eigenvalue weighted by Gasteiger charge is -2.13. The van der Waals surface area contributed by atoms with Crippen molar-refractivity contribution < 1.29 is 14.6 Å². The molecule has 0 spiro atoms. The van der Waals surface area contributed by atoms with Gasteiger partial charge < -0.3 is 20.3 Å². The Bertz CT molecular complexity index is 584. The molecular formula is C11H15N5O3. The minimum atomic E-state index is -1.07. The summed E-state index contributed by atoms with van der Waals surface area (Å²) < 4.78 is 11.5. The van der Waals surface area contributed by atoms with Crippen LogP contribution in [0.5, 0.6) is 11.8 Å². The first-order valence-electron chi connectivity index (χ1n) is 5.48. The molecule has 0 aliphatic heterocycles. The van der Waals surface area contributed by atoms with Gasteiger partial charge in [-0.25, -0.2) is 4.98 Å². The molecular weight excluding hydrogens is 250 g/mol. The monoisotopic (exact) mass is 265 g/mol. The Morgan fingerprint density at radius 3 is 2.58 bits per heavy atom. The summed E-state index contributed by atoms with van der Waals surface area (Å²) >= 11 is 0. The van der Waals surface area contributed by atoms with Gasteiger partial charge >= 0.3 is 0 Å². The number of nitrogen functional groups attached to an aromatic ring is 1. The molecule has 2 aromatic heterocycles. The highest BCUT2D eigenvalue weighted by Gasteiger charge is 2.23. The highest BCUT2D eigenvalue weighted by Crippen LogP contribution is 2.30. The minimum absolute atomic E-state index is 0.176. The van der Waals surface area contributed by atoms with Crippen LogP contribution in [0, 0.1) is 0 Å². The van der Waals surface area contributed by atoms with Gasteiger partial charge in [0.1, 0.15) is 17.6 Å². The fourth-order valence-corrected chi connectivity index (χ4v) is 1.62. The normalized spacial score (nSPS) is 12.2. The molecule has 0 radical (unpaired) electrons. The highest BCUT2D eigenvalue weighted by molar-refractivity contribution is 5.44. The average Bonchev–Trinajstić information content (AvgIpc) is 2.77. The van der Waals surface area contributed by atoms with Crippen LogP contribution >= 0.6 is 0 Å². The van der Waals surface area contributed by atoms with Crippen LogP contribution in [-0.4, -0.2) is 39.1 Å². The van der Waals surface area contributed by atoms with E-state index < -0.39 is 6.10 Å². The number of aliphatic hydroxyl groups is 1. The lowest BCUT2D eigenvalue weighted by atomic mass is 10.1. The first kappa shape index (κ1) is 13.1. The van der Waals surface area contributed by atoms with Crippen LogP contribution in [0.1, 0.15) is 17.4 Å². The molecule has 0 aliphatic rings. The summed E-state index contributed by atoms with van der Waals surface area (Å²) in [6, 6.07) is 0. The Morgan fingerprint density at radius 1 is 1.32 bits per heavy atom. The number of anilines is 1. The summed E-state index contributed by atoms with van der Waals surface area (Å²) in [6.07, 6.45) is 1.81. The third kappa shape index (κ3) is 2.29. The smallest absolute Gasteiger partial charge is 0.241 e. The number of methoxy groups -OCH3 is 2. The van der Waals surface area contributed by atoms with E-state index in [1.807, 2.05) is 0 Å². The molecule has 102 valence electrons. The van der Waals surface area contributed by atoms with Gasteiger partial charge in [-0.1, -0.05) is 0 Å². The molecule has 8 nitrogen and oxygen atoms in total. The fourth-order valence-electron chi connectivity index (χ4n) is 1.62. The van der Waals surface area contributed by atoms with Crippen LogP contribution in [0.2, 0.25) is 0 Å². The summed E-state index contributed by atoms with van der Waals surface area (Å²) in [4.78, 5) is 8.15. The van der Waals surface area contributed by atoms with Gasteiger partial charge in [-0.2, -0.15) is 10.1 Å². The summed E-state index contributed by atoms with van der Waals surface area (Å²) in [5, 5.41) is 14.3. The van der Waals surface area contributed by atoms with E-state index >= 15 is 0 Å². The van der Waals surface area contributed by atoms with E-state index in [0.29, 0.717) is 17.3 Å². The lowest BCUT2D eigenvalue weighted by Crippen LogP contribution is -2.09. The van der Waals surface area contributed by atoms with Gasteiger partial charge in [-0.15, -0.1) is 0 Å². The predicted octanol–water partition coefficient (Wildman–Crippen LogP) is -0.109. The molecule has 1 unspecified atom stereocenters. The second-order valence-corrected chi connectivity index (χ2v) is 3.82. The highest BCUT2D eigenvalue weighted by atomic mass is 16.5. The number of aromatic nitrogens is 4. The van der Waals surface area contributed by atoms with E-state index in [1.165, 1.54) is 31.3 Å². The van der Waals surface area contributed by atoms with Gasteiger partial charge in [-0.3, -0.25) is 4.68 Å². The molecule has 0 fully saturated rings. The van der Waals surface area contributed by atoms with Crippen molar-refractivity contribution in [1.29, 1.82) is 0 Å². The number of hydrogen-bond donors (Lipinski definition) is 2. The Kier molecular flexibility index (Phi) is 3.52. The SMILES string of the molecule is COc1cnc(C(O)c2cnn(C)c2N)c(OC)n1. The molecule has 0 bridgehead atoms. The average molecular weight is 265 g/mol. The van der Waals surface area contributed by atoms with Crippen molar-refractivity contribution in [3.05, 3.63) is 23.7 Å². The van der Waals surface area contributed by atoms with Crippen LogP contribution in [0.15, 0.2) is 12.4 Å². The predicted molar refractivity (Wildman–Crippen MR) is 66.8 cm³/mol. The Balaban J connectivity index is 2.43. The zero-order chi connectivity index (χ0) is 14.0. The van der Waals surface area contributed by atoms with Crippen molar-refractivity contribution in [2.75, 3.05) is 20.0 Å². The molecule has 1 atom stereocenters. The summed E-state index contributed by atoms with van der Waals surface area (Å²) in [5.74, 6) is 0.828. The second-order valence-electron chi connectivity index (χ2n) is 3.82. The zero-order valence-corrected chi connectivity index (χ0v) is 10.9. The van der Waals surface area contributed by atoms with Gasteiger partial charge in [0, 0.05) is 12.6 Å². The van der Waals surface area contributed by atoms with Gasteiger partial charge in [0.2, 0.25) is 11.8 Å².